The number of pyridine rings is 2. The average Bonchev–Trinajstić information content (AvgIpc) is 2.74. The maximum absolute atomic E-state index is 11.8. The van der Waals surface area contributed by atoms with Crippen molar-refractivity contribution in [1.82, 2.24) is 20.2 Å². The largest absolute Gasteiger partial charge is 0.474 e. The molecule has 1 unspecified atom stereocenters. The molecule has 0 radical (unpaired) electrons. The number of carbonyl (C=O) groups is 1. The summed E-state index contributed by atoms with van der Waals surface area (Å²) in [7, 11) is 1.59. The molecule has 2 aliphatic rings. The summed E-state index contributed by atoms with van der Waals surface area (Å²) in [6.07, 6.45) is 1.75. The second-order valence-corrected chi connectivity index (χ2v) is 6.58. The van der Waals surface area contributed by atoms with Crippen LogP contribution < -0.4 is 20.7 Å². The number of fused-ring (bicyclic) bond motifs is 3. The van der Waals surface area contributed by atoms with Crippen molar-refractivity contribution < 1.29 is 9.53 Å². The highest BCUT2D eigenvalue weighted by molar-refractivity contribution is 5.92. The summed E-state index contributed by atoms with van der Waals surface area (Å²) in [6.45, 7) is 8.14. The zero-order valence-corrected chi connectivity index (χ0v) is 16.7. The zero-order valence-electron chi connectivity index (χ0n) is 16.7. The van der Waals surface area contributed by atoms with Crippen molar-refractivity contribution in [2.45, 2.75) is 26.4 Å². The second-order valence-electron chi connectivity index (χ2n) is 6.58. The van der Waals surface area contributed by atoms with E-state index in [9.17, 15) is 4.79 Å². The fourth-order valence-electron chi connectivity index (χ4n) is 3.56. The van der Waals surface area contributed by atoms with Crippen LogP contribution in [0.15, 0.2) is 30.5 Å². The van der Waals surface area contributed by atoms with E-state index in [-0.39, 0.29) is 11.9 Å². The third-order valence-electron chi connectivity index (χ3n) is 4.84. The number of amides is 1. The Morgan fingerprint density at radius 1 is 1.32 bits per heavy atom. The number of piperazine rings is 1. The van der Waals surface area contributed by atoms with Gasteiger partial charge in [0.1, 0.15) is 23.8 Å². The number of aromatic nitrogens is 2. The van der Waals surface area contributed by atoms with Crippen LogP contribution in [0.3, 0.4) is 0 Å². The number of anilines is 2. The summed E-state index contributed by atoms with van der Waals surface area (Å²) in [5.41, 5.74) is 8.27. The molecule has 1 atom stereocenters. The number of ether oxygens (including phenoxy) is 1. The average molecular weight is 384 g/mol. The smallest absolute Gasteiger partial charge is 0.269 e. The molecule has 1 amide bonds. The lowest BCUT2D eigenvalue weighted by Crippen LogP contribution is -2.57. The van der Waals surface area contributed by atoms with E-state index < -0.39 is 0 Å². The van der Waals surface area contributed by atoms with E-state index in [1.54, 1.807) is 19.3 Å². The molecule has 0 aliphatic carbocycles. The summed E-state index contributed by atoms with van der Waals surface area (Å²) < 4.78 is 5.86. The molecular formula is C20H28N6O2. The predicted octanol–water partition coefficient (Wildman–Crippen LogP) is 1.53. The van der Waals surface area contributed by atoms with Crippen molar-refractivity contribution in [1.29, 1.82) is 0 Å². The van der Waals surface area contributed by atoms with Crippen LogP contribution in [0.25, 0.3) is 0 Å². The van der Waals surface area contributed by atoms with Crippen LogP contribution in [0.1, 0.15) is 29.9 Å². The number of hydrogen-bond acceptors (Lipinski definition) is 7. The van der Waals surface area contributed by atoms with Gasteiger partial charge in [-0.2, -0.15) is 0 Å². The summed E-state index contributed by atoms with van der Waals surface area (Å²) in [5.74, 6) is 0.881. The number of nitrogens with one attached hydrogen (secondary N) is 1. The Bertz CT molecular complexity index is 828. The standard InChI is InChI=1S/C18H22N6O2.C2H6/c1-20-17(25)14-2-3-15-18(22-14)26-11-13-10-23(6-7-24(13)15)9-12-4-5-21-16(19)8-12;1-2/h2-5,8,13H,6-7,9-11H2,1H3,(H2,19,21)(H,20,25);1-2H3. The van der Waals surface area contributed by atoms with Gasteiger partial charge >= 0.3 is 0 Å². The molecular weight excluding hydrogens is 356 g/mol. The van der Waals surface area contributed by atoms with Crippen LogP contribution in [0, 0.1) is 0 Å². The minimum Gasteiger partial charge on any atom is -0.474 e. The SMILES string of the molecule is CC.CNC(=O)c1ccc2c(n1)OCC1CN(Cc3ccnc(N)c3)CCN21. The van der Waals surface area contributed by atoms with Crippen LogP contribution in [0.4, 0.5) is 11.5 Å². The van der Waals surface area contributed by atoms with E-state index in [0.29, 0.717) is 24.0 Å². The minimum absolute atomic E-state index is 0.208. The summed E-state index contributed by atoms with van der Waals surface area (Å²) in [5, 5.41) is 2.59. The normalized spacial score (nSPS) is 18.1. The molecule has 0 spiro atoms. The number of nitrogens with zero attached hydrogens (tertiary/aromatic N) is 4. The van der Waals surface area contributed by atoms with Gasteiger partial charge in [-0.25, -0.2) is 9.97 Å². The molecule has 1 fully saturated rings. The molecule has 8 heteroatoms. The van der Waals surface area contributed by atoms with E-state index in [4.69, 9.17) is 10.5 Å². The highest BCUT2D eigenvalue weighted by Gasteiger charge is 2.33. The predicted molar refractivity (Wildman–Crippen MR) is 110 cm³/mol. The highest BCUT2D eigenvalue weighted by Crippen LogP contribution is 2.34. The van der Waals surface area contributed by atoms with Gasteiger partial charge in [0.15, 0.2) is 0 Å². The maximum atomic E-state index is 11.8. The van der Waals surface area contributed by atoms with Crippen molar-refractivity contribution in [3.8, 4) is 5.88 Å². The number of hydrogen-bond donors (Lipinski definition) is 2. The number of carbonyl (C=O) groups excluding carboxylic acids is 1. The van der Waals surface area contributed by atoms with Gasteiger partial charge in [-0.1, -0.05) is 13.8 Å². The van der Waals surface area contributed by atoms with Crippen molar-refractivity contribution in [2.75, 3.05) is 43.9 Å². The van der Waals surface area contributed by atoms with Gasteiger partial charge < -0.3 is 20.7 Å². The maximum Gasteiger partial charge on any atom is 0.269 e. The molecule has 0 bridgehead atoms. The lowest BCUT2D eigenvalue weighted by molar-refractivity contribution is 0.0956. The summed E-state index contributed by atoms with van der Waals surface area (Å²) in [4.78, 5) is 24.9. The van der Waals surface area contributed by atoms with Crippen molar-refractivity contribution in [3.05, 3.63) is 41.7 Å². The van der Waals surface area contributed by atoms with Gasteiger partial charge in [-0.05, 0) is 29.8 Å². The van der Waals surface area contributed by atoms with E-state index >= 15 is 0 Å². The number of nitrogens with two attached hydrogens (primary N) is 1. The fourth-order valence-corrected chi connectivity index (χ4v) is 3.56. The lowest BCUT2D eigenvalue weighted by atomic mass is 10.1. The Labute approximate surface area is 165 Å². The Kier molecular flexibility index (Phi) is 6.30. The van der Waals surface area contributed by atoms with Crippen molar-refractivity contribution in [2.24, 2.45) is 0 Å². The van der Waals surface area contributed by atoms with Crippen LogP contribution in [-0.2, 0) is 6.54 Å². The Balaban J connectivity index is 0.00000109. The third-order valence-corrected chi connectivity index (χ3v) is 4.84. The van der Waals surface area contributed by atoms with Gasteiger partial charge in [0.2, 0.25) is 5.88 Å². The van der Waals surface area contributed by atoms with Gasteiger partial charge in [-0.3, -0.25) is 9.69 Å². The first-order valence-electron chi connectivity index (χ1n) is 9.69. The molecule has 0 aromatic carbocycles. The van der Waals surface area contributed by atoms with E-state index in [0.717, 1.165) is 31.9 Å². The van der Waals surface area contributed by atoms with Crippen LogP contribution >= 0.6 is 0 Å². The van der Waals surface area contributed by atoms with Crippen LogP contribution in [-0.4, -0.2) is 60.1 Å². The monoisotopic (exact) mass is 384 g/mol. The first-order valence-corrected chi connectivity index (χ1v) is 9.69. The first kappa shape index (κ1) is 19.9. The molecule has 0 saturated carbocycles. The molecule has 8 nitrogen and oxygen atoms in total. The first-order chi connectivity index (χ1) is 13.6. The Morgan fingerprint density at radius 2 is 2.14 bits per heavy atom. The van der Waals surface area contributed by atoms with Gasteiger partial charge in [0, 0.05) is 39.4 Å². The van der Waals surface area contributed by atoms with E-state index in [2.05, 4.69) is 25.1 Å². The molecule has 28 heavy (non-hydrogen) atoms. The molecule has 2 aromatic heterocycles. The summed E-state index contributed by atoms with van der Waals surface area (Å²) >= 11 is 0. The molecule has 150 valence electrons. The lowest BCUT2D eigenvalue weighted by Gasteiger charge is -2.45. The van der Waals surface area contributed by atoms with Crippen LogP contribution in [0.2, 0.25) is 0 Å². The van der Waals surface area contributed by atoms with Crippen LogP contribution in [0.5, 0.6) is 5.88 Å². The molecule has 4 heterocycles. The second kappa shape index (κ2) is 8.88. The van der Waals surface area contributed by atoms with E-state index in [1.807, 2.05) is 32.0 Å². The summed E-state index contributed by atoms with van der Waals surface area (Å²) in [6, 6.07) is 7.86. The molecule has 4 rings (SSSR count). The Hall–Kier alpha value is -2.87. The number of rotatable bonds is 3. The topological polar surface area (TPSA) is 96.6 Å². The van der Waals surface area contributed by atoms with E-state index in [1.165, 1.54) is 5.56 Å². The molecule has 2 aliphatic heterocycles. The van der Waals surface area contributed by atoms with Crippen molar-refractivity contribution in [3.63, 3.8) is 0 Å². The van der Waals surface area contributed by atoms with Gasteiger partial charge in [0.05, 0.1) is 6.04 Å². The third kappa shape index (κ3) is 4.17. The Morgan fingerprint density at radius 3 is 2.89 bits per heavy atom. The highest BCUT2D eigenvalue weighted by atomic mass is 16.5. The minimum atomic E-state index is -0.208. The quantitative estimate of drug-likeness (QED) is 0.828. The van der Waals surface area contributed by atoms with Crippen molar-refractivity contribution >= 4 is 17.4 Å². The zero-order chi connectivity index (χ0) is 20.1. The molecule has 1 saturated heterocycles. The molecule has 3 N–H and O–H groups in total. The molecule has 2 aromatic rings. The number of nitrogen functional groups attached to an aromatic ring is 1. The fraction of sp³-hybridized carbons (Fsp3) is 0.450. The van der Waals surface area contributed by atoms with Gasteiger partial charge in [0.25, 0.3) is 5.91 Å². The van der Waals surface area contributed by atoms with Gasteiger partial charge in [-0.15, -0.1) is 0 Å².